The van der Waals surface area contributed by atoms with Crippen LogP contribution in [0.4, 0.5) is 0 Å². The molecule has 0 amide bonds. The molecule has 0 saturated carbocycles. The molecule has 5 nitrogen and oxygen atoms in total. The van der Waals surface area contributed by atoms with E-state index in [9.17, 15) is 4.79 Å². The highest BCUT2D eigenvalue weighted by atomic mass is 32.1. The Kier molecular flexibility index (Phi) is 4.31. The normalized spacial score (nSPS) is 12.6. The number of aryl methyl sites for hydroxylation is 1. The van der Waals surface area contributed by atoms with E-state index < -0.39 is 0 Å². The maximum absolute atomic E-state index is 11.9. The topological polar surface area (TPSA) is 51.7 Å². The highest BCUT2D eigenvalue weighted by Crippen LogP contribution is 2.10. The second-order valence-corrected chi connectivity index (χ2v) is 6.41. The van der Waals surface area contributed by atoms with E-state index >= 15 is 0 Å². The Bertz CT molecular complexity index is 825. The Morgan fingerprint density at radius 3 is 2.73 bits per heavy atom. The van der Waals surface area contributed by atoms with Gasteiger partial charge in [-0.2, -0.15) is 9.61 Å². The van der Waals surface area contributed by atoms with Crippen molar-refractivity contribution >= 4 is 16.3 Å². The molecule has 2 aromatic heterocycles. The lowest BCUT2D eigenvalue weighted by molar-refractivity contribution is -0.925. The fourth-order valence-electron chi connectivity index (χ4n) is 2.44. The predicted octanol–water partition coefficient (Wildman–Crippen LogP) is 1.06. The van der Waals surface area contributed by atoms with Crippen LogP contribution in [0.2, 0.25) is 0 Å². The van der Waals surface area contributed by atoms with E-state index in [2.05, 4.69) is 41.3 Å². The first-order valence-corrected chi connectivity index (χ1v) is 8.21. The lowest BCUT2D eigenvalue weighted by Gasteiger charge is -2.15. The second-order valence-electron chi connectivity index (χ2n) is 5.37. The molecule has 0 aliphatic rings. The molecular weight excluding hydrogens is 296 g/mol. The molecule has 1 unspecified atom stereocenters. The summed E-state index contributed by atoms with van der Waals surface area (Å²) in [5.41, 5.74) is 1.95. The van der Waals surface area contributed by atoms with Crippen molar-refractivity contribution < 1.29 is 4.90 Å². The quantitative estimate of drug-likeness (QED) is 0.766. The molecule has 2 heterocycles. The first-order valence-electron chi connectivity index (χ1n) is 7.39. The van der Waals surface area contributed by atoms with Gasteiger partial charge in [-0.1, -0.05) is 41.7 Å². The van der Waals surface area contributed by atoms with Gasteiger partial charge in [-0.15, -0.1) is 0 Å². The molecule has 1 N–H and O–H groups in total. The van der Waals surface area contributed by atoms with E-state index in [1.54, 1.807) is 0 Å². The molecule has 0 aliphatic carbocycles. The molecule has 0 saturated heterocycles. The Morgan fingerprint density at radius 1 is 1.23 bits per heavy atom. The van der Waals surface area contributed by atoms with Crippen LogP contribution in [0.3, 0.4) is 0 Å². The van der Waals surface area contributed by atoms with Gasteiger partial charge in [0.25, 0.3) is 5.56 Å². The second kappa shape index (κ2) is 6.37. The zero-order valence-electron chi connectivity index (χ0n) is 12.7. The van der Waals surface area contributed by atoms with Gasteiger partial charge in [0.05, 0.1) is 6.54 Å². The minimum absolute atomic E-state index is 0.105. The van der Waals surface area contributed by atoms with Crippen molar-refractivity contribution in [3.05, 3.63) is 63.0 Å². The minimum atomic E-state index is -0.105. The highest BCUT2D eigenvalue weighted by Gasteiger charge is 2.14. The third-order valence-corrected chi connectivity index (χ3v) is 4.52. The zero-order valence-corrected chi connectivity index (χ0v) is 13.6. The molecule has 22 heavy (non-hydrogen) atoms. The summed E-state index contributed by atoms with van der Waals surface area (Å²) >= 11 is 1.50. The van der Waals surface area contributed by atoms with Crippen LogP contribution in [0.5, 0.6) is 0 Å². The van der Waals surface area contributed by atoms with Gasteiger partial charge in [-0.25, -0.2) is 4.98 Å². The van der Waals surface area contributed by atoms with Crippen LogP contribution in [-0.2, 0) is 13.1 Å². The molecule has 3 aromatic rings. The molecule has 0 fully saturated rings. The number of nitrogens with zero attached hydrogens (tertiary/aromatic N) is 3. The van der Waals surface area contributed by atoms with E-state index in [0.29, 0.717) is 4.96 Å². The van der Waals surface area contributed by atoms with E-state index in [1.807, 2.05) is 13.0 Å². The summed E-state index contributed by atoms with van der Waals surface area (Å²) in [4.78, 5) is 18.4. The molecule has 114 valence electrons. The number of quaternary nitrogens is 1. The predicted molar refractivity (Wildman–Crippen MR) is 87.2 cm³/mol. The molecule has 0 bridgehead atoms. The smallest absolute Gasteiger partial charge is 0.275 e. The Labute approximate surface area is 132 Å². The van der Waals surface area contributed by atoms with E-state index in [4.69, 9.17) is 0 Å². The van der Waals surface area contributed by atoms with Gasteiger partial charge in [0.15, 0.2) is 5.01 Å². The summed E-state index contributed by atoms with van der Waals surface area (Å²) in [6.07, 6.45) is 0. The molecule has 0 spiro atoms. The molecule has 1 atom stereocenters. The van der Waals surface area contributed by atoms with Crippen molar-refractivity contribution in [1.29, 1.82) is 0 Å². The molecule has 0 radical (unpaired) electrons. The SMILES string of the molecule is CC[NH+](Cc1ccccc1)Cc1nn2c(=O)cc(C)nc2s1. The summed E-state index contributed by atoms with van der Waals surface area (Å²) in [7, 11) is 0. The molecule has 0 aliphatic heterocycles. The van der Waals surface area contributed by atoms with Gasteiger partial charge in [0.2, 0.25) is 4.96 Å². The summed E-state index contributed by atoms with van der Waals surface area (Å²) in [6.45, 7) is 6.76. The Balaban J connectivity index is 1.82. The average molecular weight is 315 g/mol. The highest BCUT2D eigenvalue weighted by molar-refractivity contribution is 7.16. The van der Waals surface area contributed by atoms with Crippen LogP contribution < -0.4 is 10.5 Å². The number of hydrogen-bond acceptors (Lipinski definition) is 4. The van der Waals surface area contributed by atoms with Crippen molar-refractivity contribution in [3.63, 3.8) is 0 Å². The maximum Gasteiger partial charge on any atom is 0.275 e. The fraction of sp³-hybridized carbons (Fsp3) is 0.312. The van der Waals surface area contributed by atoms with Gasteiger partial charge in [-0.05, 0) is 13.8 Å². The van der Waals surface area contributed by atoms with Crippen molar-refractivity contribution in [2.24, 2.45) is 0 Å². The molecular formula is C16H19N4OS+. The van der Waals surface area contributed by atoms with Crippen molar-refractivity contribution in [2.45, 2.75) is 26.9 Å². The van der Waals surface area contributed by atoms with Crippen LogP contribution in [0.15, 0.2) is 41.2 Å². The third kappa shape index (κ3) is 3.23. The van der Waals surface area contributed by atoms with Gasteiger partial charge < -0.3 is 4.90 Å². The van der Waals surface area contributed by atoms with Crippen LogP contribution in [0, 0.1) is 6.92 Å². The maximum atomic E-state index is 11.9. The Hall–Kier alpha value is -2.05. The number of fused-ring (bicyclic) bond motifs is 1. The van der Waals surface area contributed by atoms with Crippen LogP contribution in [-0.4, -0.2) is 21.1 Å². The van der Waals surface area contributed by atoms with Crippen molar-refractivity contribution in [3.8, 4) is 0 Å². The summed E-state index contributed by atoms with van der Waals surface area (Å²) < 4.78 is 1.41. The number of rotatable bonds is 5. The molecule has 6 heteroatoms. The van der Waals surface area contributed by atoms with Gasteiger partial charge >= 0.3 is 0 Å². The van der Waals surface area contributed by atoms with E-state index in [-0.39, 0.29) is 5.56 Å². The number of aromatic nitrogens is 3. The number of benzene rings is 1. The Morgan fingerprint density at radius 2 is 2.00 bits per heavy atom. The van der Waals surface area contributed by atoms with Gasteiger partial charge in [0, 0.05) is 17.3 Å². The fourth-order valence-corrected chi connectivity index (χ4v) is 3.46. The van der Waals surface area contributed by atoms with Gasteiger partial charge in [0.1, 0.15) is 13.1 Å². The molecule has 3 rings (SSSR count). The summed E-state index contributed by atoms with van der Waals surface area (Å²) in [5.74, 6) is 0. The summed E-state index contributed by atoms with van der Waals surface area (Å²) in [6, 6.07) is 12.0. The van der Waals surface area contributed by atoms with Crippen LogP contribution in [0.1, 0.15) is 23.2 Å². The zero-order chi connectivity index (χ0) is 15.5. The van der Waals surface area contributed by atoms with Crippen molar-refractivity contribution in [1.82, 2.24) is 14.6 Å². The van der Waals surface area contributed by atoms with Crippen LogP contribution in [0.25, 0.3) is 4.96 Å². The van der Waals surface area contributed by atoms with Crippen LogP contribution >= 0.6 is 11.3 Å². The van der Waals surface area contributed by atoms with Crippen molar-refractivity contribution in [2.75, 3.05) is 6.54 Å². The number of hydrogen-bond donors (Lipinski definition) is 1. The average Bonchev–Trinajstić information content (AvgIpc) is 2.90. The summed E-state index contributed by atoms with van der Waals surface area (Å²) in [5, 5.41) is 5.37. The van der Waals surface area contributed by atoms with Gasteiger partial charge in [-0.3, -0.25) is 4.79 Å². The largest absolute Gasteiger partial charge is 0.326 e. The third-order valence-electron chi connectivity index (χ3n) is 3.61. The standard InChI is InChI=1S/C16H18N4OS/c1-3-19(10-13-7-5-4-6-8-13)11-14-18-20-15(21)9-12(2)17-16(20)22-14/h4-9H,3,10-11H2,1-2H3/p+1. The molecule has 1 aromatic carbocycles. The first-order chi connectivity index (χ1) is 10.7. The van der Waals surface area contributed by atoms with E-state index in [0.717, 1.165) is 30.3 Å². The first kappa shape index (κ1) is 14.9. The minimum Gasteiger partial charge on any atom is -0.326 e. The monoisotopic (exact) mass is 315 g/mol. The number of nitrogens with one attached hydrogen (secondary N) is 1. The lowest BCUT2D eigenvalue weighted by atomic mass is 10.2. The van der Waals surface area contributed by atoms with E-state index in [1.165, 1.54) is 32.4 Å². The lowest BCUT2D eigenvalue weighted by Crippen LogP contribution is -3.09.